The van der Waals surface area contributed by atoms with Crippen molar-refractivity contribution in [1.82, 2.24) is 0 Å². The first-order valence-electron chi connectivity index (χ1n) is 10.5. The number of fused-ring (bicyclic) bond motifs is 1. The van der Waals surface area contributed by atoms with Crippen LogP contribution in [-0.4, -0.2) is 66.1 Å². The Morgan fingerprint density at radius 2 is 1.82 bits per heavy atom. The van der Waals surface area contributed by atoms with Gasteiger partial charge in [0.25, 0.3) is 0 Å². The second-order valence-electron chi connectivity index (χ2n) is 8.16. The molecule has 166 valence electrons. The van der Waals surface area contributed by atoms with E-state index in [1.54, 1.807) is 30.3 Å². The van der Waals surface area contributed by atoms with Gasteiger partial charge in [0.2, 0.25) is 11.2 Å². The van der Waals surface area contributed by atoms with Crippen molar-refractivity contribution in [2.24, 2.45) is 0 Å². The zero-order valence-corrected chi connectivity index (χ0v) is 20.2. The first-order chi connectivity index (χ1) is 15.3. The summed E-state index contributed by atoms with van der Waals surface area (Å²) in [6.07, 6.45) is 1.71. The summed E-state index contributed by atoms with van der Waals surface area (Å²) in [5.74, 6) is -1.69. The van der Waals surface area contributed by atoms with Crippen LogP contribution in [0.2, 0.25) is 0 Å². The molecule has 1 aliphatic carbocycles. The minimum atomic E-state index is -1.40. The van der Waals surface area contributed by atoms with E-state index in [2.05, 4.69) is 0 Å². The van der Waals surface area contributed by atoms with Gasteiger partial charge in [-0.25, -0.2) is 4.39 Å². The van der Waals surface area contributed by atoms with Gasteiger partial charge in [-0.3, -0.25) is 0 Å². The summed E-state index contributed by atoms with van der Waals surface area (Å²) in [4.78, 5) is 10.6. The minimum Gasteiger partial charge on any atom is -0.618 e. The maximum Gasteiger partial charge on any atom is 2.00 e. The molecule has 2 atom stereocenters. The van der Waals surface area contributed by atoms with Crippen LogP contribution in [0.15, 0.2) is 54.6 Å². The minimum absolute atomic E-state index is 0. The Morgan fingerprint density at radius 1 is 1.15 bits per heavy atom. The summed E-state index contributed by atoms with van der Waals surface area (Å²) in [6, 6.07) is 13.2. The first-order valence-corrected chi connectivity index (χ1v) is 10.5. The summed E-state index contributed by atoms with van der Waals surface area (Å²) in [5.41, 5.74) is 3.21. The molecule has 0 bridgehead atoms. The number of benzene rings is 2. The van der Waals surface area contributed by atoms with E-state index in [0.717, 1.165) is 28.7 Å². The molecule has 1 fully saturated rings. The standard InChI is InChI=1S/C25H24FNO5.Ca/c26-17-9-7-15(8-10-17)24-20-3-1-2-4-22(20)27(32)25(16-5-6-16)21(24)12-11-18(28)13-19(29)14-23(30)31;/h1-4,7-12,16,18-19,28-29H,5-6,13-14H2,(H,30,31);/q;+2/p-1/b12-11+;/t18-,19+;/m0./s1. The molecule has 1 aromatic heterocycles. The fraction of sp³-hybridized carbons (Fsp3) is 0.280. The van der Waals surface area contributed by atoms with Gasteiger partial charge in [-0.1, -0.05) is 30.3 Å². The van der Waals surface area contributed by atoms with Gasteiger partial charge in [0.05, 0.1) is 23.2 Å². The van der Waals surface area contributed by atoms with Crippen LogP contribution in [0.3, 0.4) is 0 Å². The molecule has 0 saturated heterocycles. The van der Waals surface area contributed by atoms with E-state index in [1.807, 2.05) is 12.1 Å². The van der Waals surface area contributed by atoms with Crippen molar-refractivity contribution in [3.8, 4) is 11.1 Å². The summed E-state index contributed by atoms with van der Waals surface area (Å²) in [6.45, 7) is 0. The molecule has 2 aromatic carbocycles. The quantitative estimate of drug-likeness (QED) is 0.294. The topological polar surface area (TPSA) is 108 Å². The van der Waals surface area contributed by atoms with E-state index in [0.29, 0.717) is 22.2 Å². The van der Waals surface area contributed by atoms with Gasteiger partial charge in [-0.15, -0.1) is 0 Å². The van der Waals surface area contributed by atoms with Gasteiger partial charge in [0.1, 0.15) is 5.82 Å². The maximum absolute atomic E-state index is 13.6. The molecule has 6 nitrogen and oxygen atoms in total. The summed E-state index contributed by atoms with van der Waals surface area (Å²) >= 11 is 0. The van der Waals surface area contributed by atoms with Crippen molar-refractivity contribution >= 4 is 60.7 Å². The van der Waals surface area contributed by atoms with Crippen molar-refractivity contribution in [2.45, 2.75) is 43.8 Å². The fourth-order valence-corrected chi connectivity index (χ4v) is 4.05. The number of carboxylic acids is 1. The number of carbonyl (C=O) groups excluding carboxylic acids is 1. The SMILES string of the molecule is O=C([O-])C[C@H](O)C[C@@H](O)/C=C/c1c(-c2ccc(F)cc2)c2ccccc2[n+]([O-])c1C1CC1.[Ca+2]. The van der Waals surface area contributed by atoms with Crippen LogP contribution in [-0.2, 0) is 4.79 Å². The molecule has 8 heteroatoms. The number of pyridine rings is 1. The van der Waals surface area contributed by atoms with E-state index in [1.165, 1.54) is 18.2 Å². The van der Waals surface area contributed by atoms with Crippen LogP contribution in [0.5, 0.6) is 0 Å². The Hall–Kier alpha value is -2.03. The number of aliphatic hydroxyl groups is 2. The number of nitrogens with zero attached hydrogens (tertiary/aromatic N) is 1. The van der Waals surface area contributed by atoms with Gasteiger partial charge < -0.3 is 25.3 Å². The van der Waals surface area contributed by atoms with Crippen LogP contribution in [0.25, 0.3) is 28.1 Å². The number of hydrogen-bond acceptors (Lipinski definition) is 5. The van der Waals surface area contributed by atoms with Crippen molar-refractivity contribution in [1.29, 1.82) is 0 Å². The third-order valence-corrected chi connectivity index (χ3v) is 5.65. The molecule has 4 rings (SSSR count). The number of aromatic nitrogens is 1. The van der Waals surface area contributed by atoms with Crippen molar-refractivity contribution in [2.75, 3.05) is 0 Å². The Balaban J connectivity index is 0.00000306. The van der Waals surface area contributed by atoms with Crippen LogP contribution in [0.4, 0.5) is 4.39 Å². The van der Waals surface area contributed by atoms with E-state index in [4.69, 9.17) is 0 Å². The Morgan fingerprint density at radius 3 is 2.45 bits per heavy atom. The van der Waals surface area contributed by atoms with E-state index < -0.39 is 24.6 Å². The van der Waals surface area contributed by atoms with Crippen molar-refractivity contribution in [3.63, 3.8) is 0 Å². The summed E-state index contributed by atoms with van der Waals surface area (Å²) < 4.78 is 14.5. The number of aliphatic hydroxyl groups excluding tert-OH is 2. The molecule has 33 heavy (non-hydrogen) atoms. The van der Waals surface area contributed by atoms with Crippen LogP contribution in [0, 0.1) is 11.0 Å². The molecule has 0 spiro atoms. The van der Waals surface area contributed by atoms with Gasteiger partial charge in [-0.2, -0.15) is 4.73 Å². The molecule has 0 amide bonds. The number of halogens is 1. The Labute approximate surface area is 220 Å². The molecular formula is C25H23CaFNO5+. The molecular weight excluding hydrogens is 453 g/mol. The van der Waals surface area contributed by atoms with Crippen LogP contribution < -0.4 is 9.84 Å². The third kappa shape index (κ3) is 5.91. The fourth-order valence-electron chi connectivity index (χ4n) is 4.05. The molecule has 1 aliphatic rings. The number of carbonyl (C=O) groups is 1. The zero-order chi connectivity index (χ0) is 22.8. The Kier molecular flexibility index (Phi) is 8.48. The summed E-state index contributed by atoms with van der Waals surface area (Å²) in [5, 5.41) is 44.7. The third-order valence-electron chi connectivity index (χ3n) is 5.65. The number of hydrogen-bond donors (Lipinski definition) is 2. The summed E-state index contributed by atoms with van der Waals surface area (Å²) in [7, 11) is 0. The number of carboxylic acid groups (broad SMARTS) is 1. The molecule has 0 aliphatic heterocycles. The Bertz CT molecular complexity index is 1180. The molecule has 0 unspecified atom stereocenters. The van der Waals surface area contributed by atoms with Gasteiger partial charge in [-0.05, 0) is 42.7 Å². The predicted molar refractivity (Wildman–Crippen MR) is 121 cm³/mol. The van der Waals surface area contributed by atoms with Gasteiger partial charge >= 0.3 is 37.7 Å². The average Bonchev–Trinajstić information content (AvgIpc) is 3.58. The molecule has 2 N–H and O–H groups in total. The normalized spacial score (nSPS) is 15.4. The van der Waals surface area contributed by atoms with Gasteiger partial charge in [0.15, 0.2) is 0 Å². The number of aliphatic carboxylic acids is 1. The number of para-hydroxylation sites is 1. The van der Waals surface area contributed by atoms with E-state index >= 15 is 0 Å². The molecule has 3 aromatic rings. The smallest absolute Gasteiger partial charge is 0.618 e. The molecule has 0 radical (unpaired) electrons. The van der Waals surface area contributed by atoms with Crippen molar-refractivity contribution in [3.05, 3.63) is 76.9 Å². The van der Waals surface area contributed by atoms with Crippen LogP contribution in [0.1, 0.15) is 42.9 Å². The monoisotopic (exact) mass is 476 g/mol. The van der Waals surface area contributed by atoms with Gasteiger partial charge in [0, 0.05) is 36.4 Å². The number of rotatable bonds is 8. The van der Waals surface area contributed by atoms with Crippen molar-refractivity contribution < 1.29 is 29.2 Å². The second kappa shape index (κ2) is 10.9. The van der Waals surface area contributed by atoms with Crippen LogP contribution >= 0.6 is 0 Å². The molecule has 1 saturated carbocycles. The van der Waals surface area contributed by atoms with E-state index in [9.17, 15) is 29.7 Å². The first kappa shape index (κ1) is 25.6. The average molecular weight is 477 g/mol. The zero-order valence-electron chi connectivity index (χ0n) is 18.0. The largest absolute Gasteiger partial charge is 2.00 e. The maximum atomic E-state index is 13.6. The second-order valence-corrected chi connectivity index (χ2v) is 8.16. The van der Waals surface area contributed by atoms with E-state index in [-0.39, 0.29) is 55.9 Å². The molecule has 1 heterocycles. The predicted octanol–water partition coefficient (Wildman–Crippen LogP) is 2.04.